The molecule has 3 aliphatic rings. The molecule has 0 aliphatic carbocycles. The molecule has 2 amide bonds. The summed E-state index contributed by atoms with van der Waals surface area (Å²) in [6, 6.07) is 16.7. The standard InChI is InChI=1S/C34H42N6O6S2/c1-34(2,3)24-18-26(31(44-4)27(19-24)37-48(5,42)43)36-32(41)35-21-23-8-6-7-9-29(23)46-25-10-11-30-28(20-25)40-13-12-39(33(40)47-30)22-38-14-16-45-17-15-38/h6-13,18-20,33,37H,14-17,21-22H2,1-5H3,(H2,35,36,41). The zero-order valence-corrected chi connectivity index (χ0v) is 29.4. The number of benzene rings is 3. The number of para-hydroxylation sites is 1. The van der Waals surface area contributed by atoms with Crippen LogP contribution < -0.4 is 29.7 Å². The van der Waals surface area contributed by atoms with Crippen LogP contribution >= 0.6 is 11.8 Å². The van der Waals surface area contributed by atoms with Gasteiger partial charge in [0.1, 0.15) is 11.5 Å². The van der Waals surface area contributed by atoms with E-state index in [-0.39, 0.29) is 28.9 Å². The molecule has 0 aromatic heterocycles. The monoisotopic (exact) mass is 694 g/mol. The van der Waals surface area contributed by atoms with Gasteiger partial charge in [0.05, 0.1) is 50.3 Å². The molecule has 256 valence electrons. The lowest BCUT2D eigenvalue weighted by Gasteiger charge is -2.33. The minimum atomic E-state index is -3.60. The van der Waals surface area contributed by atoms with Gasteiger partial charge < -0.3 is 34.6 Å². The van der Waals surface area contributed by atoms with Gasteiger partial charge >= 0.3 is 6.03 Å². The van der Waals surface area contributed by atoms with Gasteiger partial charge in [-0.15, -0.1) is 0 Å². The van der Waals surface area contributed by atoms with Crippen molar-refractivity contribution in [2.45, 2.75) is 43.1 Å². The number of anilines is 3. The number of urea groups is 1. The lowest BCUT2D eigenvalue weighted by molar-refractivity contribution is 0.0183. The van der Waals surface area contributed by atoms with Gasteiger partial charge in [-0.2, -0.15) is 0 Å². The molecule has 3 aliphatic heterocycles. The third-order valence-corrected chi connectivity index (χ3v) is 10.1. The number of morpholine rings is 1. The van der Waals surface area contributed by atoms with E-state index in [0.29, 0.717) is 17.2 Å². The van der Waals surface area contributed by atoms with E-state index in [1.165, 1.54) is 12.0 Å². The Morgan fingerprint density at radius 3 is 2.52 bits per heavy atom. The van der Waals surface area contributed by atoms with Crippen LogP contribution in [0, 0.1) is 0 Å². The second kappa shape index (κ2) is 13.8. The number of hydrogen-bond donors (Lipinski definition) is 3. The molecule has 0 spiro atoms. The number of hydrogen-bond acceptors (Lipinski definition) is 10. The minimum Gasteiger partial charge on any atom is -0.492 e. The molecule has 1 fully saturated rings. The first-order valence-corrected chi connectivity index (χ1v) is 18.5. The molecule has 3 N–H and O–H groups in total. The normalized spacial score (nSPS) is 17.6. The third-order valence-electron chi connectivity index (χ3n) is 8.19. The number of carbonyl (C=O) groups is 1. The Labute approximate surface area is 286 Å². The molecule has 3 aromatic carbocycles. The van der Waals surface area contributed by atoms with Crippen molar-refractivity contribution >= 4 is 44.9 Å². The summed E-state index contributed by atoms with van der Waals surface area (Å²) in [4.78, 5) is 21.4. The molecule has 48 heavy (non-hydrogen) atoms. The highest BCUT2D eigenvalue weighted by Crippen LogP contribution is 2.49. The number of ether oxygens (including phenoxy) is 3. The molecule has 3 aromatic rings. The van der Waals surface area contributed by atoms with Crippen molar-refractivity contribution in [1.29, 1.82) is 0 Å². The summed E-state index contributed by atoms with van der Waals surface area (Å²) in [6.45, 7) is 10.5. The van der Waals surface area contributed by atoms with Gasteiger partial charge in [0, 0.05) is 48.6 Å². The maximum absolute atomic E-state index is 13.2. The number of carbonyl (C=O) groups excluding carboxylic acids is 1. The topological polar surface area (TPSA) is 125 Å². The van der Waals surface area contributed by atoms with Crippen LogP contribution in [-0.4, -0.2) is 76.1 Å². The zero-order chi connectivity index (χ0) is 34.1. The number of sulfonamides is 1. The number of thioether (sulfide) groups is 1. The number of amides is 2. The molecule has 1 saturated heterocycles. The fourth-order valence-electron chi connectivity index (χ4n) is 5.72. The van der Waals surface area contributed by atoms with E-state index in [1.54, 1.807) is 12.1 Å². The Bertz CT molecular complexity index is 1810. The van der Waals surface area contributed by atoms with Gasteiger partial charge in [-0.05, 0) is 41.3 Å². The van der Waals surface area contributed by atoms with Gasteiger partial charge in [0.2, 0.25) is 10.0 Å². The van der Waals surface area contributed by atoms with E-state index in [0.717, 1.165) is 56.0 Å². The first kappa shape index (κ1) is 33.8. The summed E-state index contributed by atoms with van der Waals surface area (Å²) in [5, 5.41) is 5.74. The van der Waals surface area contributed by atoms with Crippen molar-refractivity contribution in [2.24, 2.45) is 0 Å². The number of nitrogens with one attached hydrogen (secondary N) is 3. The SMILES string of the molecule is COc1c(NC(=O)NCc2ccccc2Oc2ccc3c(c2)N2C=CN(CN4CCOCC4)C2S3)cc(C(C)(C)C)cc1NS(C)(=O)=O. The zero-order valence-electron chi connectivity index (χ0n) is 27.8. The average Bonchev–Trinajstić information content (AvgIpc) is 3.59. The van der Waals surface area contributed by atoms with Crippen LogP contribution in [0.3, 0.4) is 0 Å². The van der Waals surface area contributed by atoms with Crippen LogP contribution in [0.25, 0.3) is 0 Å². The highest BCUT2D eigenvalue weighted by Gasteiger charge is 2.37. The predicted molar refractivity (Wildman–Crippen MR) is 189 cm³/mol. The van der Waals surface area contributed by atoms with Crippen LogP contribution in [-0.2, 0) is 26.7 Å². The molecule has 12 nitrogen and oxygen atoms in total. The van der Waals surface area contributed by atoms with Gasteiger partial charge in [-0.3, -0.25) is 9.62 Å². The van der Waals surface area contributed by atoms with E-state index in [2.05, 4.69) is 54.6 Å². The smallest absolute Gasteiger partial charge is 0.319 e. The van der Waals surface area contributed by atoms with Gasteiger partial charge in [-0.25, -0.2) is 13.2 Å². The maximum Gasteiger partial charge on any atom is 0.319 e. The van der Waals surface area contributed by atoms with Crippen LogP contribution in [0.5, 0.6) is 17.2 Å². The maximum atomic E-state index is 13.2. The first-order chi connectivity index (χ1) is 22.9. The van der Waals surface area contributed by atoms with E-state index in [9.17, 15) is 13.2 Å². The van der Waals surface area contributed by atoms with E-state index in [4.69, 9.17) is 14.2 Å². The van der Waals surface area contributed by atoms with Crippen LogP contribution in [0.15, 0.2) is 71.9 Å². The second-order valence-electron chi connectivity index (χ2n) is 12.9. The Hall–Kier alpha value is -4.11. The Morgan fingerprint density at radius 1 is 1.04 bits per heavy atom. The van der Waals surface area contributed by atoms with Crippen LogP contribution in [0.1, 0.15) is 31.9 Å². The molecular weight excluding hydrogens is 653 g/mol. The quantitative estimate of drug-likeness (QED) is 0.242. The van der Waals surface area contributed by atoms with Crippen molar-refractivity contribution in [3.8, 4) is 17.2 Å². The lowest BCUT2D eigenvalue weighted by Crippen LogP contribution is -2.45. The number of fused-ring (bicyclic) bond motifs is 3. The van der Waals surface area contributed by atoms with E-state index < -0.39 is 16.1 Å². The molecular formula is C34H42N6O6S2. The average molecular weight is 695 g/mol. The molecule has 14 heteroatoms. The van der Waals surface area contributed by atoms with Gasteiger partial charge in [0.15, 0.2) is 11.2 Å². The highest BCUT2D eigenvalue weighted by molar-refractivity contribution is 8.00. The van der Waals surface area contributed by atoms with Crippen LogP contribution in [0.4, 0.5) is 21.9 Å². The van der Waals surface area contributed by atoms with Crippen molar-refractivity contribution in [3.05, 3.63) is 78.1 Å². The Balaban J connectivity index is 1.13. The number of nitrogens with zero attached hydrogens (tertiary/aromatic N) is 3. The summed E-state index contributed by atoms with van der Waals surface area (Å²) >= 11 is 1.82. The summed E-state index contributed by atoms with van der Waals surface area (Å²) < 4.78 is 44.1. The van der Waals surface area contributed by atoms with Crippen molar-refractivity contribution in [1.82, 2.24) is 15.1 Å². The largest absolute Gasteiger partial charge is 0.492 e. The highest BCUT2D eigenvalue weighted by atomic mass is 32.2. The third kappa shape index (κ3) is 7.78. The first-order valence-electron chi connectivity index (χ1n) is 15.7. The van der Waals surface area contributed by atoms with Gasteiger partial charge in [0.25, 0.3) is 0 Å². The van der Waals surface area contributed by atoms with Crippen molar-refractivity contribution < 1.29 is 27.4 Å². The van der Waals surface area contributed by atoms with Crippen molar-refractivity contribution in [3.63, 3.8) is 0 Å². The molecule has 1 atom stereocenters. The van der Waals surface area contributed by atoms with Crippen LogP contribution in [0.2, 0.25) is 0 Å². The van der Waals surface area contributed by atoms with E-state index in [1.807, 2.05) is 62.9 Å². The molecule has 0 bridgehead atoms. The second-order valence-corrected chi connectivity index (χ2v) is 15.8. The van der Waals surface area contributed by atoms with E-state index >= 15 is 0 Å². The Morgan fingerprint density at radius 2 is 1.79 bits per heavy atom. The minimum absolute atomic E-state index is 0.161. The Kier molecular flexibility index (Phi) is 9.70. The molecule has 0 radical (unpaired) electrons. The summed E-state index contributed by atoms with van der Waals surface area (Å²) in [6.07, 6.45) is 5.34. The predicted octanol–water partition coefficient (Wildman–Crippen LogP) is 5.75. The fourth-order valence-corrected chi connectivity index (χ4v) is 7.50. The summed E-state index contributed by atoms with van der Waals surface area (Å²) in [5.74, 6) is 1.53. The van der Waals surface area contributed by atoms with Gasteiger partial charge in [-0.1, -0.05) is 50.7 Å². The number of rotatable bonds is 10. The van der Waals surface area contributed by atoms with Crippen molar-refractivity contribution in [2.75, 3.05) is 61.3 Å². The molecule has 1 unspecified atom stereocenters. The molecule has 6 rings (SSSR count). The summed E-state index contributed by atoms with van der Waals surface area (Å²) in [7, 11) is -2.17. The summed E-state index contributed by atoms with van der Waals surface area (Å²) in [5.41, 5.74) is 3.11. The lowest BCUT2D eigenvalue weighted by atomic mass is 9.86. The number of methoxy groups -OCH3 is 1. The molecule has 3 heterocycles. The fraction of sp³-hybridized carbons (Fsp3) is 0.382. The molecule has 0 saturated carbocycles.